The molecule has 2 N–H and O–H groups in total. The number of rotatable bonds is 8. The largest absolute Gasteiger partial charge is 0.384 e. The van der Waals surface area contributed by atoms with Crippen molar-refractivity contribution in [2.45, 2.75) is 19.4 Å². The predicted molar refractivity (Wildman–Crippen MR) is 96.0 cm³/mol. The summed E-state index contributed by atoms with van der Waals surface area (Å²) in [5.74, 6) is -1.77. The van der Waals surface area contributed by atoms with E-state index in [1.165, 1.54) is 12.1 Å². The molecule has 0 aliphatic heterocycles. The Kier molecular flexibility index (Phi) is 6.63. The lowest BCUT2D eigenvalue weighted by Gasteiger charge is -2.35. The van der Waals surface area contributed by atoms with Gasteiger partial charge in [0.15, 0.2) is 0 Å². The summed E-state index contributed by atoms with van der Waals surface area (Å²) in [6.07, 6.45) is 1.55. The van der Waals surface area contributed by atoms with Crippen LogP contribution in [-0.4, -0.2) is 36.7 Å². The summed E-state index contributed by atoms with van der Waals surface area (Å²) in [6, 6.07) is 8.34. The van der Waals surface area contributed by atoms with Gasteiger partial charge in [-0.3, -0.25) is 9.78 Å². The summed E-state index contributed by atoms with van der Waals surface area (Å²) in [6.45, 7) is 4.43. The zero-order valence-corrected chi connectivity index (χ0v) is 15.1. The highest BCUT2D eigenvalue weighted by Gasteiger charge is 2.31. The first-order chi connectivity index (χ1) is 12.3. The molecular weight excluding hydrogens is 340 g/mol. The maximum Gasteiger partial charge on any atom is 0.270 e. The Morgan fingerprint density at radius 2 is 1.92 bits per heavy atom. The van der Waals surface area contributed by atoms with Crippen LogP contribution in [0.3, 0.4) is 0 Å². The maximum atomic E-state index is 13.3. The Bertz CT molecular complexity index is 719. The van der Waals surface area contributed by atoms with Gasteiger partial charge in [-0.05, 0) is 38.1 Å². The first-order valence-electron chi connectivity index (χ1n) is 8.24. The van der Waals surface area contributed by atoms with Crippen molar-refractivity contribution in [3.63, 3.8) is 0 Å². The van der Waals surface area contributed by atoms with Gasteiger partial charge in [-0.25, -0.2) is 8.78 Å². The van der Waals surface area contributed by atoms with Crippen LogP contribution in [0.5, 0.6) is 0 Å². The van der Waals surface area contributed by atoms with Crippen molar-refractivity contribution < 1.29 is 18.3 Å². The zero-order valence-electron chi connectivity index (χ0n) is 15.1. The third-order valence-corrected chi connectivity index (χ3v) is 4.14. The molecule has 7 heteroatoms. The highest BCUT2D eigenvalue weighted by Crippen LogP contribution is 2.20. The van der Waals surface area contributed by atoms with E-state index in [2.05, 4.69) is 15.6 Å². The molecule has 0 aliphatic carbocycles. The molecular formula is C19H23F2N3O2. The van der Waals surface area contributed by atoms with Crippen LogP contribution in [0.1, 0.15) is 24.3 Å². The molecule has 1 amide bonds. The third kappa shape index (κ3) is 5.49. The van der Waals surface area contributed by atoms with Gasteiger partial charge in [-0.15, -0.1) is 0 Å². The maximum absolute atomic E-state index is 13.3. The van der Waals surface area contributed by atoms with Crippen molar-refractivity contribution >= 4 is 11.6 Å². The SMILES string of the molecule is COCC(CNc1cc(F)cc(F)c1)C(C)(C)NC(=O)c1ccccn1. The van der Waals surface area contributed by atoms with Gasteiger partial charge in [0.1, 0.15) is 17.3 Å². The highest BCUT2D eigenvalue weighted by atomic mass is 19.1. The van der Waals surface area contributed by atoms with Gasteiger partial charge in [0, 0.05) is 43.1 Å². The summed E-state index contributed by atoms with van der Waals surface area (Å²) in [5.41, 5.74) is -0.00362. The molecule has 1 unspecified atom stereocenters. The van der Waals surface area contributed by atoms with Crippen molar-refractivity contribution in [3.05, 3.63) is 59.9 Å². The number of carbonyl (C=O) groups excluding carboxylic acids is 1. The minimum Gasteiger partial charge on any atom is -0.384 e. The number of aromatic nitrogens is 1. The van der Waals surface area contributed by atoms with Gasteiger partial charge in [0.05, 0.1) is 6.61 Å². The number of hydrogen-bond acceptors (Lipinski definition) is 4. The van der Waals surface area contributed by atoms with Crippen molar-refractivity contribution in [2.24, 2.45) is 5.92 Å². The Hall–Kier alpha value is -2.54. The van der Waals surface area contributed by atoms with E-state index >= 15 is 0 Å². The molecule has 0 fully saturated rings. The minimum absolute atomic E-state index is 0.161. The monoisotopic (exact) mass is 363 g/mol. The third-order valence-electron chi connectivity index (χ3n) is 4.14. The van der Waals surface area contributed by atoms with Crippen LogP contribution in [-0.2, 0) is 4.74 Å². The molecule has 140 valence electrons. The molecule has 26 heavy (non-hydrogen) atoms. The number of nitrogens with zero attached hydrogens (tertiary/aromatic N) is 1. The molecule has 1 heterocycles. The second-order valence-corrected chi connectivity index (χ2v) is 6.58. The lowest BCUT2D eigenvalue weighted by atomic mass is 9.87. The van der Waals surface area contributed by atoms with Crippen molar-refractivity contribution in [1.29, 1.82) is 0 Å². The topological polar surface area (TPSA) is 63.2 Å². The number of hydrogen-bond donors (Lipinski definition) is 2. The van der Waals surface area contributed by atoms with Gasteiger partial charge in [-0.1, -0.05) is 6.07 Å². The molecule has 0 saturated carbocycles. The average Bonchev–Trinajstić information content (AvgIpc) is 2.58. The van der Waals surface area contributed by atoms with Gasteiger partial charge in [-0.2, -0.15) is 0 Å². The summed E-state index contributed by atoms with van der Waals surface area (Å²) >= 11 is 0. The van der Waals surface area contributed by atoms with Crippen molar-refractivity contribution in [1.82, 2.24) is 10.3 Å². The molecule has 1 aromatic heterocycles. The van der Waals surface area contributed by atoms with Gasteiger partial charge >= 0.3 is 0 Å². The van der Waals surface area contributed by atoms with Gasteiger partial charge < -0.3 is 15.4 Å². The Balaban J connectivity index is 2.07. The summed E-state index contributed by atoms with van der Waals surface area (Å²) < 4.78 is 31.9. The average molecular weight is 363 g/mol. The van der Waals surface area contributed by atoms with Crippen molar-refractivity contribution in [2.75, 3.05) is 25.6 Å². The molecule has 0 saturated heterocycles. The Morgan fingerprint density at radius 3 is 2.50 bits per heavy atom. The van der Waals surface area contributed by atoms with E-state index in [4.69, 9.17) is 4.74 Å². The standard InChI is InChI=1S/C19H23F2N3O2/c1-19(2,24-18(25)17-6-4-5-7-22-17)13(12-26-3)11-23-16-9-14(20)8-15(21)10-16/h4-10,13,23H,11-12H2,1-3H3,(H,24,25). The molecule has 5 nitrogen and oxygen atoms in total. The molecule has 2 rings (SSSR count). The summed E-state index contributed by atoms with van der Waals surface area (Å²) in [7, 11) is 1.56. The van der Waals surface area contributed by atoms with E-state index in [9.17, 15) is 13.6 Å². The number of anilines is 1. The van der Waals surface area contributed by atoms with Crippen molar-refractivity contribution in [3.8, 4) is 0 Å². The summed E-state index contributed by atoms with van der Waals surface area (Å²) in [4.78, 5) is 16.4. The normalized spacial score (nSPS) is 12.5. The van der Waals surface area contributed by atoms with Gasteiger partial charge in [0.25, 0.3) is 5.91 Å². The Morgan fingerprint density at radius 1 is 1.23 bits per heavy atom. The fourth-order valence-corrected chi connectivity index (χ4v) is 2.58. The number of benzene rings is 1. The Labute approximate surface area is 151 Å². The number of nitrogens with one attached hydrogen (secondary N) is 2. The van der Waals surface area contributed by atoms with E-state index in [0.29, 0.717) is 24.5 Å². The number of amides is 1. The minimum atomic E-state index is -0.654. The van der Waals surface area contributed by atoms with Crippen LogP contribution in [0.15, 0.2) is 42.6 Å². The van der Waals surface area contributed by atoms with E-state index < -0.39 is 17.2 Å². The number of ether oxygens (including phenoxy) is 1. The fourth-order valence-electron chi connectivity index (χ4n) is 2.58. The molecule has 0 bridgehead atoms. The van der Waals surface area contributed by atoms with Crippen LogP contribution in [0.2, 0.25) is 0 Å². The number of carbonyl (C=O) groups is 1. The van der Waals surface area contributed by atoms with Crippen LogP contribution in [0.25, 0.3) is 0 Å². The number of pyridine rings is 1. The molecule has 1 aromatic carbocycles. The smallest absolute Gasteiger partial charge is 0.270 e. The first-order valence-corrected chi connectivity index (χ1v) is 8.24. The second-order valence-electron chi connectivity index (χ2n) is 6.58. The number of methoxy groups -OCH3 is 1. The van der Waals surface area contributed by atoms with E-state index in [0.717, 1.165) is 6.07 Å². The fraction of sp³-hybridized carbons (Fsp3) is 0.368. The van der Waals surface area contributed by atoms with Crippen LogP contribution in [0, 0.1) is 17.6 Å². The van der Waals surface area contributed by atoms with E-state index in [1.807, 2.05) is 13.8 Å². The zero-order chi connectivity index (χ0) is 19.2. The van der Waals surface area contributed by atoms with E-state index in [1.54, 1.807) is 31.5 Å². The van der Waals surface area contributed by atoms with Crippen LogP contribution in [0.4, 0.5) is 14.5 Å². The predicted octanol–water partition coefficient (Wildman–Crippen LogP) is 3.24. The van der Waals surface area contributed by atoms with Crippen LogP contribution >= 0.6 is 0 Å². The van der Waals surface area contributed by atoms with E-state index in [-0.39, 0.29) is 11.8 Å². The highest BCUT2D eigenvalue weighted by molar-refractivity contribution is 5.92. The van der Waals surface area contributed by atoms with Gasteiger partial charge in [0.2, 0.25) is 0 Å². The molecule has 0 aliphatic rings. The quantitative estimate of drug-likeness (QED) is 0.756. The first kappa shape index (κ1) is 19.8. The second kappa shape index (κ2) is 8.71. The molecule has 1 atom stereocenters. The lowest BCUT2D eigenvalue weighted by Crippen LogP contribution is -2.52. The molecule has 2 aromatic rings. The molecule has 0 radical (unpaired) electrons. The summed E-state index contributed by atoms with van der Waals surface area (Å²) in [5, 5.41) is 5.95. The van der Waals surface area contributed by atoms with Crippen LogP contribution < -0.4 is 10.6 Å². The lowest BCUT2D eigenvalue weighted by molar-refractivity contribution is 0.0783. The number of halogens is 2. The molecule has 0 spiro atoms.